The number of pyridine rings is 1. The fourth-order valence-electron chi connectivity index (χ4n) is 5.43. The van der Waals surface area contributed by atoms with Crippen molar-refractivity contribution in [1.29, 1.82) is 0 Å². The number of rotatable bonds is 6. The first-order valence-corrected chi connectivity index (χ1v) is 11.8. The Labute approximate surface area is 197 Å². The molecule has 4 heterocycles. The highest BCUT2D eigenvalue weighted by atomic mass is 19.2. The summed E-state index contributed by atoms with van der Waals surface area (Å²) in [7, 11) is 0. The zero-order chi connectivity index (χ0) is 23.7. The van der Waals surface area contributed by atoms with Gasteiger partial charge in [0.15, 0.2) is 17.2 Å². The number of aromatic nitrogens is 1. The van der Waals surface area contributed by atoms with Crippen molar-refractivity contribution in [1.82, 2.24) is 20.1 Å². The number of piperidine rings is 1. The third-order valence-corrected chi connectivity index (χ3v) is 7.20. The summed E-state index contributed by atoms with van der Waals surface area (Å²) >= 11 is 0. The van der Waals surface area contributed by atoms with Crippen molar-refractivity contribution < 1.29 is 23.1 Å². The minimum atomic E-state index is -1.22. The van der Waals surface area contributed by atoms with Crippen LogP contribution < -0.4 is 5.32 Å². The second-order valence-electron chi connectivity index (χ2n) is 9.30. The van der Waals surface area contributed by atoms with E-state index in [0.717, 1.165) is 18.9 Å². The molecule has 7 nitrogen and oxygen atoms in total. The van der Waals surface area contributed by atoms with Gasteiger partial charge >= 0.3 is 6.03 Å². The third-order valence-electron chi connectivity index (χ3n) is 7.20. The molecule has 0 aliphatic carbocycles. The van der Waals surface area contributed by atoms with Gasteiger partial charge in [-0.15, -0.1) is 0 Å². The van der Waals surface area contributed by atoms with Crippen LogP contribution in [-0.2, 0) is 21.6 Å². The Hall–Kier alpha value is -2.91. The summed E-state index contributed by atoms with van der Waals surface area (Å²) in [5.74, 6) is -2.13. The van der Waals surface area contributed by atoms with Crippen LogP contribution in [0.5, 0.6) is 0 Å². The van der Waals surface area contributed by atoms with Crippen LogP contribution in [0.4, 0.5) is 13.6 Å². The molecule has 34 heavy (non-hydrogen) atoms. The molecule has 3 fully saturated rings. The standard InChI is InChI=1S/C25H28F2N4O3/c26-20-7-6-17(14-21(20)27)15-30-11-8-18(9-12-30)25(22-5-1-2-10-28-22)23(32)31(24(33)29-25)16-19-4-3-13-34-19/h1-2,5-7,10,14,18-19H,3-4,8-9,11-13,15-16H2,(H,29,33). The van der Waals surface area contributed by atoms with Crippen LogP contribution in [-0.4, -0.2) is 59.1 Å². The van der Waals surface area contributed by atoms with E-state index in [4.69, 9.17) is 4.74 Å². The van der Waals surface area contributed by atoms with Crippen molar-refractivity contribution in [2.45, 2.75) is 43.9 Å². The van der Waals surface area contributed by atoms with Gasteiger partial charge in [-0.05, 0) is 74.5 Å². The molecule has 1 aromatic heterocycles. The summed E-state index contributed by atoms with van der Waals surface area (Å²) in [5, 5.41) is 3.02. The Bertz CT molecular complexity index is 1060. The van der Waals surface area contributed by atoms with Gasteiger partial charge in [0.05, 0.1) is 18.3 Å². The average Bonchev–Trinajstić information content (AvgIpc) is 3.45. The number of nitrogens with zero attached hydrogens (tertiary/aromatic N) is 3. The van der Waals surface area contributed by atoms with Gasteiger partial charge in [-0.1, -0.05) is 12.1 Å². The number of ether oxygens (including phenoxy) is 1. The van der Waals surface area contributed by atoms with Gasteiger partial charge in [0.2, 0.25) is 0 Å². The zero-order valence-corrected chi connectivity index (χ0v) is 18.9. The monoisotopic (exact) mass is 470 g/mol. The summed E-state index contributed by atoms with van der Waals surface area (Å²) in [6.07, 6.45) is 4.57. The first-order chi connectivity index (χ1) is 16.5. The molecule has 2 unspecified atom stereocenters. The number of nitrogens with one attached hydrogen (secondary N) is 1. The van der Waals surface area contributed by atoms with E-state index in [-0.39, 0.29) is 24.5 Å². The minimum absolute atomic E-state index is 0.132. The molecule has 180 valence electrons. The van der Waals surface area contributed by atoms with Crippen molar-refractivity contribution in [3.8, 4) is 0 Å². The van der Waals surface area contributed by atoms with Crippen molar-refractivity contribution in [3.63, 3.8) is 0 Å². The molecule has 0 saturated carbocycles. The van der Waals surface area contributed by atoms with Gasteiger partial charge in [-0.3, -0.25) is 19.6 Å². The van der Waals surface area contributed by atoms with Gasteiger partial charge in [0.1, 0.15) is 0 Å². The Kier molecular flexibility index (Phi) is 6.31. The Balaban J connectivity index is 1.35. The molecule has 9 heteroatoms. The first-order valence-electron chi connectivity index (χ1n) is 11.8. The summed E-state index contributed by atoms with van der Waals surface area (Å²) in [6.45, 7) is 2.70. The topological polar surface area (TPSA) is 74.8 Å². The third kappa shape index (κ3) is 4.18. The quantitative estimate of drug-likeness (QED) is 0.657. The number of imide groups is 1. The van der Waals surface area contributed by atoms with E-state index in [1.165, 1.54) is 11.0 Å². The number of carbonyl (C=O) groups excluding carboxylic acids is 2. The van der Waals surface area contributed by atoms with E-state index < -0.39 is 23.2 Å². The predicted octanol–water partition coefficient (Wildman–Crippen LogP) is 3.20. The molecule has 3 aliphatic rings. The summed E-state index contributed by atoms with van der Waals surface area (Å²) < 4.78 is 32.5. The lowest BCUT2D eigenvalue weighted by Gasteiger charge is -2.40. The van der Waals surface area contributed by atoms with Crippen molar-refractivity contribution in [3.05, 3.63) is 65.5 Å². The molecule has 1 aromatic carbocycles. The number of benzene rings is 1. The van der Waals surface area contributed by atoms with E-state index in [1.54, 1.807) is 24.4 Å². The summed E-state index contributed by atoms with van der Waals surface area (Å²) in [4.78, 5) is 34.7. The number of amides is 3. The molecule has 0 spiro atoms. The lowest BCUT2D eigenvalue weighted by molar-refractivity contribution is -0.135. The van der Waals surface area contributed by atoms with Gasteiger partial charge < -0.3 is 10.1 Å². The molecule has 2 atom stereocenters. The van der Waals surface area contributed by atoms with Crippen molar-refractivity contribution >= 4 is 11.9 Å². The van der Waals surface area contributed by atoms with E-state index in [9.17, 15) is 18.4 Å². The largest absolute Gasteiger partial charge is 0.376 e. The summed E-state index contributed by atoms with van der Waals surface area (Å²) in [6, 6.07) is 8.95. The van der Waals surface area contributed by atoms with Crippen LogP contribution in [0.2, 0.25) is 0 Å². The Morgan fingerprint density at radius 3 is 2.59 bits per heavy atom. The van der Waals surface area contributed by atoms with E-state index >= 15 is 0 Å². The lowest BCUT2D eigenvalue weighted by atomic mass is 9.75. The fraction of sp³-hybridized carbons (Fsp3) is 0.480. The maximum atomic E-state index is 13.8. The number of hydrogen-bond acceptors (Lipinski definition) is 5. The van der Waals surface area contributed by atoms with Crippen LogP contribution >= 0.6 is 0 Å². The summed E-state index contributed by atoms with van der Waals surface area (Å²) in [5.41, 5.74) is 0.0254. The highest BCUT2D eigenvalue weighted by Crippen LogP contribution is 2.41. The van der Waals surface area contributed by atoms with E-state index in [2.05, 4.69) is 15.2 Å². The van der Waals surface area contributed by atoms with Crippen LogP contribution in [0.3, 0.4) is 0 Å². The van der Waals surface area contributed by atoms with Crippen LogP contribution in [0.25, 0.3) is 0 Å². The van der Waals surface area contributed by atoms with Crippen LogP contribution in [0.1, 0.15) is 36.9 Å². The van der Waals surface area contributed by atoms with Crippen LogP contribution in [0, 0.1) is 17.6 Å². The highest BCUT2D eigenvalue weighted by molar-refractivity contribution is 6.07. The normalized spacial score (nSPS) is 26.3. The van der Waals surface area contributed by atoms with Crippen molar-refractivity contribution in [2.24, 2.45) is 5.92 Å². The molecule has 5 rings (SSSR count). The lowest BCUT2D eigenvalue weighted by Crippen LogP contribution is -2.54. The average molecular weight is 471 g/mol. The smallest absolute Gasteiger partial charge is 0.325 e. The van der Waals surface area contributed by atoms with Crippen molar-refractivity contribution in [2.75, 3.05) is 26.2 Å². The van der Waals surface area contributed by atoms with Gasteiger partial charge in [-0.25, -0.2) is 13.6 Å². The first kappa shape index (κ1) is 22.9. The second-order valence-corrected chi connectivity index (χ2v) is 9.30. The molecule has 0 radical (unpaired) electrons. The number of likely N-dealkylation sites (tertiary alicyclic amines) is 1. The molecule has 0 bridgehead atoms. The number of carbonyl (C=O) groups is 2. The van der Waals surface area contributed by atoms with Crippen LogP contribution in [0.15, 0.2) is 42.6 Å². The maximum absolute atomic E-state index is 13.8. The number of urea groups is 1. The molecular weight excluding hydrogens is 442 g/mol. The van der Waals surface area contributed by atoms with Gasteiger partial charge in [0.25, 0.3) is 5.91 Å². The second kappa shape index (κ2) is 9.38. The fourth-order valence-corrected chi connectivity index (χ4v) is 5.43. The molecule has 3 aliphatic heterocycles. The van der Waals surface area contributed by atoms with E-state index in [1.807, 2.05) is 6.07 Å². The maximum Gasteiger partial charge on any atom is 0.325 e. The molecular formula is C25H28F2N4O3. The molecule has 3 amide bonds. The molecule has 1 N–H and O–H groups in total. The van der Waals surface area contributed by atoms with Gasteiger partial charge in [-0.2, -0.15) is 0 Å². The van der Waals surface area contributed by atoms with Gasteiger partial charge in [0, 0.05) is 19.3 Å². The zero-order valence-electron chi connectivity index (χ0n) is 18.9. The molecule has 2 aromatic rings. The Morgan fingerprint density at radius 1 is 1.09 bits per heavy atom. The SMILES string of the molecule is O=C1NC(c2ccccn2)(C2CCN(Cc3ccc(F)c(F)c3)CC2)C(=O)N1CC1CCCO1. The number of halogens is 2. The molecule has 3 saturated heterocycles. The highest BCUT2D eigenvalue weighted by Gasteiger charge is 2.58. The Morgan fingerprint density at radius 2 is 1.91 bits per heavy atom. The van der Waals surface area contributed by atoms with E-state index in [0.29, 0.717) is 50.3 Å². The minimum Gasteiger partial charge on any atom is -0.376 e. The predicted molar refractivity (Wildman–Crippen MR) is 119 cm³/mol. The number of hydrogen-bond donors (Lipinski definition) is 1.